The number of rotatable bonds is 16. The zero-order valence-electron chi connectivity index (χ0n) is 51.5. The van der Waals surface area contributed by atoms with Crippen molar-refractivity contribution < 1.29 is 38.1 Å². The van der Waals surface area contributed by atoms with Crippen molar-refractivity contribution in [2.24, 2.45) is 50.0 Å². The molecule has 20 heteroatoms. The number of carbonyl (C=O) groups is 4. The van der Waals surface area contributed by atoms with Gasteiger partial charge in [0.05, 0.1) is 24.5 Å². The Kier molecular flexibility index (Phi) is 18.9. The van der Waals surface area contributed by atoms with Gasteiger partial charge in [-0.05, 0) is 136 Å². The van der Waals surface area contributed by atoms with Gasteiger partial charge in [0, 0.05) is 97.7 Å². The van der Waals surface area contributed by atoms with Gasteiger partial charge in [-0.1, -0.05) is 55.4 Å². The summed E-state index contributed by atoms with van der Waals surface area (Å²) in [5.74, 6) is -4.42. The summed E-state index contributed by atoms with van der Waals surface area (Å²) in [5.41, 5.74) is 28.1. The van der Waals surface area contributed by atoms with Crippen molar-refractivity contribution in [1.82, 2.24) is 19.6 Å². The maximum Gasteiger partial charge on any atom is 0.349 e. The van der Waals surface area contributed by atoms with Gasteiger partial charge in [-0.3, -0.25) is 9.59 Å². The molecule has 4 heterocycles. The molecule has 4 aliphatic heterocycles. The van der Waals surface area contributed by atoms with Crippen LogP contribution in [0.25, 0.3) is 9.69 Å². The van der Waals surface area contributed by atoms with E-state index in [0.29, 0.717) is 70.8 Å². The second-order valence-corrected chi connectivity index (χ2v) is 27.9. The van der Waals surface area contributed by atoms with E-state index in [1.165, 1.54) is 0 Å². The van der Waals surface area contributed by atoms with Crippen LogP contribution >= 0.6 is 0 Å². The average Bonchev–Trinajstić information content (AvgIpc) is 2.57. The number of nitrogens with two attached hydrogens (primary N) is 4. The van der Waals surface area contributed by atoms with Gasteiger partial charge >= 0.3 is 23.9 Å². The first-order valence-corrected chi connectivity index (χ1v) is 30.3. The van der Waals surface area contributed by atoms with Crippen LogP contribution in [-0.4, -0.2) is 122 Å². The van der Waals surface area contributed by atoms with Gasteiger partial charge in [0.15, 0.2) is 0 Å². The summed E-state index contributed by atoms with van der Waals surface area (Å²) in [4.78, 5) is 75.3. The number of esters is 4. The van der Waals surface area contributed by atoms with Crippen molar-refractivity contribution in [3.63, 3.8) is 0 Å². The van der Waals surface area contributed by atoms with Crippen LogP contribution in [0.3, 0.4) is 0 Å². The topological polar surface area (TPSA) is 279 Å². The molecule has 4 saturated heterocycles. The molecule has 0 aromatic rings. The fourth-order valence-corrected chi connectivity index (χ4v) is 13.7. The van der Waals surface area contributed by atoms with Crippen molar-refractivity contribution >= 4 is 23.9 Å². The number of nitrogens with zero attached hydrogens (tertiary/aromatic N) is 8. The van der Waals surface area contributed by atoms with Crippen LogP contribution in [0.2, 0.25) is 0 Å². The molecule has 0 unspecified atom stereocenters. The van der Waals surface area contributed by atoms with Crippen LogP contribution in [0.4, 0.5) is 0 Å². The monoisotopic (exact) mass is 1160 g/mol. The molecular formula is C65H88N12O8. The third-order valence-electron chi connectivity index (χ3n) is 18.2. The van der Waals surface area contributed by atoms with Crippen LogP contribution in [0.15, 0.2) is 90.4 Å². The Morgan fingerprint density at radius 3 is 0.882 bits per heavy atom. The van der Waals surface area contributed by atoms with E-state index in [1.54, 1.807) is 0 Å². The lowest BCUT2D eigenvalue weighted by atomic mass is 9.74. The molecule has 456 valence electrons. The average molecular weight is 1170 g/mol. The van der Waals surface area contributed by atoms with Crippen molar-refractivity contribution in [3.05, 3.63) is 113 Å². The Morgan fingerprint density at radius 1 is 0.424 bits per heavy atom. The van der Waals surface area contributed by atoms with E-state index in [2.05, 4.69) is 41.4 Å². The zero-order valence-corrected chi connectivity index (χ0v) is 51.5. The Balaban J connectivity index is 1.24. The fourth-order valence-electron chi connectivity index (χ4n) is 13.7. The number of hydrogen-bond acceptors (Lipinski definition) is 18. The molecular weight excluding hydrogens is 1080 g/mol. The number of likely N-dealkylation sites (tertiary alicyclic amines) is 4. The van der Waals surface area contributed by atoms with Gasteiger partial charge in [0.2, 0.25) is 0 Å². The molecule has 0 radical (unpaired) electrons. The van der Waals surface area contributed by atoms with E-state index in [9.17, 15) is 29.7 Å². The SMILES string of the molecule is [C-]#[N+]/C(C(=O)OCC(COC(=O)/C(C#N)=C1\CC(C)(C)CC(N2CCCC2)=C1N)(COC(=O)/C(C#N)=C1\CC(C)(C)CC(N2CCCC2)=C1N)COC(=O)/C([N+]#[C-])=C1/CC(C)(C)CC(N2CCCC2)=C1N)=C1/CC(C)(C)CC(N2CCCC2)=C1N. The van der Waals surface area contributed by atoms with Crippen LogP contribution < -0.4 is 22.9 Å². The maximum atomic E-state index is 14.8. The van der Waals surface area contributed by atoms with Crippen LogP contribution in [0.1, 0.15) is 158 Å². The minimum atomic E-state index is -2.06. The van der Waals surface area contributed by atoms with Crippen LogP contribution in [-0.2, 0) is 38.1 Å². The number of ether oxygens (including phenoxy) is 4. The number of carbonyl (C=O) groups excluding carboxylic acids is 4. The van der Waals surface area contributed by atoms with Gasteiger partial charge in [-0.25, -0.2) is 19.3 Å². The lowest BCUT2D eigenvalue weighted by molar-refractivity contribution is -0.165. The van der Waals surface area contributed by atoms with E-state index in [0.717, 1.165) is 127 Å². The molecule has 0 bridgehead atoms. The number of allylic oxidation sites excluding steroid dienone is 8. The zero-order chi connectivity index (χ0) is 61.8. The predicted octanol–water partition coefficient (Wildman–Crippen LogP) is 8.48. The lowest BCUT2D eigenvalue weighted by Gasteiger charge is -2.38. The summed E-state index contributed by atoms with van der Waals surface area (Å²) >= 11 is 0. The van der Waals surface area contributed by atoms with Gasteiger partial charge in [-0.2, -0.15) is 10.5 Å². The van der Waals surface area contributed by atoms with Crippen molar-refractivity contribution in [3.8, 4) is 12.1 Å². The van der Waals surface area contributed by atoms with E-state index in [-0.39, 0.29) is 36.8 Å². The Bertz CT molecular complexity index is 2740. The van der Waals surface area contributed by atoms with E-state index in [1.807, 2.05) is 55.4 Å². The van der Waals surface area contributed by atoms with Crippen LogP contribution in [0, 0.1) is 62.9 Å². The molecule has 8 rings (SSSR count). The normalized spacial score (nSPS) is 24.5. The third-order valence-corrected chi connectivity index (χ3v) is 18.2. The van der Waals surface area contributed by atoms with E-state index >= 15 is 0 Å². The second-order valence-electron chi connectivity index (χ2n) is 27.9. The molecule has 0 aromatic carbocycles. The molecule has 8 N–H and O–H groups in total. The highest BCUT2D eigenvalue weighted by molar-refractivity contribution is 5.96. The Labute approximate surface area is 502 Å². The minimum Gasteiger partial charge on any atom is -0.470 e. The molecule has 4 fully saturated rings. The quantitative estimate of drug-likeness (QED) is 0.0371. The van der Waals surface area contributed by atoms with Crippen molar-refractivity contribution in [2.45, 2.75) is 158 Å². The second kappa shape index (κ2) is 25.4. The van der Waals surface area contributed by atoms with Crippen molar-refractivity contribution in [1.29, 1.82) is 10.5 Å². The van der Waals surface area contributed by atoms with Gasteiger partial charge in [0.25, 0.3) is 11.4 Å². The van der Waals surface area contributed by atoms with E-state index in [4.69, 9.17) is 55.0 Å². The predicted molar refractivity (Wildman–Crippen MR) is 319 cm³/mol. The molecule has 8 aliphatic rings. The molecule has 0 amide bonds. The molecule has 20 nitrogen and oxygen atoms in total. The number of hydrogen-bond donors (Lipinski definition) is 4. The highest BCUT2D eigenvalue weighted by Crippen LogP contribution is 2.48. The largest absolute Gasteiger partial charge is 0.470 e. The lowest BCUT2D eigenvalue weighted by Crippen LogP contribution is -2.44. The molecule has 85 heavy (non-hydrogen) atoms. The minimum absolute atomic E-state index is 0.259. The van der Waals surface area contributed by atoms with E-state index < -0.39 is 88.8 Å². The standard InChI is InChI=1S/C65H88N12O8/c1-61(2)27-41(51(68)47(31-61)74-19-11-12-20-74)45(35-66)57(78)82-37-65(38-83-58(79)46(36-67)42-28-62(3,4)32-48(52(42)69)75-21-13-14-22-75,39-84-59(80)55(72-9)43-29-63(5,6)33-49(53(43)70)76-23-15-16-24-76)40-85-60(81)56(73-10)44-30-64(7,8)34-50(54(44)71)77-25-17-18-26-77/h11-34,37-40,68-71H2,1-8H3/b45-41+,46-42+,55-43-,56-44+. The summed E-state index contributed by atoms with van der Waals surface area (Å²) in [6.07, 6.45) is 11.2. The summed E-state index contributed by atoms with van der Waals surface area (Å²) in [6.45, 7) is 35.9. The maximum absolute atomic E-state index is 14.8. The molecule has 0 saturated carbocycles. The molecule has 0 aromatic heterocycles. The smallest absolute Gasteiger partial charge is 0.349 e. The fraction of sp³-hybridized carbons (Fsp3) is 0.631. The Hall–Kier alpha value is -7.84. The number of nitriles is 2. The Morgan fingerprint density at radius 2 is 0.647 bits per heavy atom. The van der Waals surface area contributed by atoms with Crippen LogP contribution in [0.5, 0.6) is 0 Å². The highest BCUT2D eigenvalue weighted by Gasteiger charge is 2.44. The molecule has 0 atom stereocenters. The summed E-state index contributed by atoms with van der Waals surface area (Å²) in [5, 5.41) is 21.7. The summed E-state index contributed by atoms with van der Waals surface area (Å²) < 4.78 is 24.6. The van der Waals surface area contributed by atoms with Gasteiger partial charge < -0.3 is 61.5 Å². The highest BCUT2D eigenvalue weighted by atomic mass is 16.6. The van der Waals surface area contributed by atoms with Gasteiger partial charge in [0.1, 0.15) is 55.1 Å². The molecule has 0 spiro atoms. The third kappa shape index (κ3) is 14.1. The first-order chi connectivity index (χ1) is 40.2. The summed E-state index contributed by atoms with van der Waals surface area (Å²) in [6, 6.07) is 4.11. The molecule has 4 aliphatic carbocycles. The summed E-state index contributed by atoms with van der Waals surface area (Å²) in [7, 11) is 0. The first kappa shape index (κ1) is 63.2. The van der Waals surface area contributed by atoms with Gasteiger partial charge in [-0.15, -0.1) is 0 Å². The van der Waals surface area contributed by atoms with Crippen molar-refractivity contribution in [2.75, 3.05) is 78.8 Å². The first-order valence-electron chi connectivity index (χ1n) is 30.3.